The molecule has 0 heterocycles. The molecule has 0 fully saturated rings. The number of hydrogen-bond donors (Lipinski definition) is 0. The lowest BCUT2D eigenvalue weighted by Crippen LogP contribution is -2.05. The van der Waals surface area contributed by atoms with Gasteiger partial charge in [0.15, 0.2) is 0 Å². The highest BCUT2D eigenvalue weighted by Gasteiger charge is 2.02. The van der Waals surface area contributed by atoms with Crippen LogP contribution in [0.4, 0.5) is 0 Å². The highest BCUT2D eigenvalue weighted by molar-refractivity contribution is 5.86. The number of ether oxygens (including phenoxy) is 2. The summed E-state index contributed by atoms with van der Waals surface area (Å²) in [4.78, 5) is 21.9. The van der Waals surface area contributed by atoms with Crippen molar-refractivity contribution in [2.45, 2.75) is 58.3 Å². The van der Waals surface area contributed by atoms with Crippen molar-refractivity contribution >= 4 is 11.9 Å². The highest BCUT2D eigenvalue weighted by Crippen LogP contribution is 2.09. The van der Waals surface area contributed by atoms with Crippen molar-refractivity contribution in [1.82, 2.24) is 0 Å². The van der Waals surface area contributed by atoms with Crippen LogP contribution in [0.2, 0.25) is 0 Å². The number of esters is 2. The molecule has 110 valence electrons. The molecule has 0 aromatic heterocycles. The van der Waals surface area contributed by atoms with Gasteiger partial charge < -0.3 is 9.47 Å². The van der Waals surface area contributed by atoms with Gasteiger partial charge in [-0.3, -0.25) is 4.79 Å². The summed E-state index contributed by atoms with van der Waals surface area (Å²) >= 11 is 0. The van der Waals surface area contributed by atoms with Crippen molar-refractivity contribution in [2.75, 3.05) is 13.7 Å². The Morgan fingerprint density at radius 3 is 2.00 bits per heavy atom. The first kappa shape index (κ1) is 17.7. The second-order valence-electron chi connectivity index (χ2n) is 4.72. The molecule has 0 radical (unpaired) electrons. The minimum atomic E-state index is -0.303. The minimum Gasteiger partial charge on any atom is -0.469 e. The minimum absolute atomic E-state index is 0.126. The Hall–Kier alpha value is -1.32. The first-order valence-corrected chi connectivity index (χ1v) is 6.97. The zero-order chi connectivity index (χ0) is 14.5. The summed E-state index contributed by atoms with van der Waals surface area (Å²) in [5.41, 5.74) is 0.450. The number of methoxy groups -OCH3 is 1. The Labute approximate surface area is 116 Å². The van der Waals surface area contributed by atoms with E-state index in [1.165, 1.54) is 7.11 Å². The average molecular weight is 270 g/mol. The van der Waals surface area contributed by atoms with Gasteiger partial charge in [-0.2, -0.15) is 0 Å². The zero-order valence-electron chi connectivity index (χ0n) is 12.2. The highest BCUT2D eigenvalue weighted by atomic mass is 16.5. The molecule has 0 atom stereocenters. The molecule has 0 aliphatic rings. The SMILES string of the molecule is C=C(C)C(=O)OCCCCCCCCCC(=O)OC. The van der Waals surface area contributed by atoms with Crippen LogP contribution in [0.3, 0.4) is 0 Å². The van der Waals surface area contributed by atoms with E-state index < -0.39 is 0 Å². The Balaban J connectivity index is 3.17. The number of carbonyl (C=O) groups is 2. The van der Waals surface area contributed by atoms with E-state index in [2.05, 4.69) is 11.3 Å². The molecule has 0 rings (SSSR count). The fraction of sp³-hybridized carbons (Fsp3) is 0.733. The maximum atomic E-state index is 11.1. The number of rotatable bonds is 11. The van der Waals surface area contributed by atoms with Crippen molar-refractivity contribution < 1.29 is 19.1 Å². The number of carbonyl (C=O) groups excluding carboxylic acids is 2. The molecule has 0 saturated carbocycles. The third-order valence-corrected chi connectivity index (χ3v) is 2.83. The largest absolute Gasteiger partial charge is 0.469 e. The molecule has 4 heteroatoms. The van der Waals surface area contributed by atoms with Gasteiger partial charge in [0, 0.05) is 12.0 Å². The van der Waals surface area contributed by atoms with Crippen LogP contribution < -0.4 is 0 Å². The molecular weight excluding hydrogens is 244 g/mol. The molecule has 0 spiro atoms. The van der Waals surface area contributed by atoms with E-state index in [1.54, 1.807) is 6.92 Å². The zero-order valence-corrected chi connectivity index (χ0v) is 12.2. The molecule has 0 aliphatic heterocycles. The van der Waals surface area contributed by atoms with E-state index in [1.807, 2.05) is 0 Å². The lowest BCUT2D eigenvalue weighted by atomic mass is 10.1. The molecule has 0 saturated heterocycles. The average Bonchev–Trinajstić information content (AvgIpc) is 2.39. The fourth-order valence-corrected chi connectivity index (χ4v) is 1.65. The van der Waals surface area contributed by atoms with E-state index in [-0.39, 0.29) is 11.9 Å². The van der Waals surface area contributed by atoms with Crippen LogP contribution >= 0.6 is 0 Å². The standard InChI is InChI=1S/C15H26O4/c1-13(2)15(17)19-12-10-8-6-4-5-7-9-11-14(16)18-3/h1,4-12H2,2-3H3. The lowest BCUT2D eigenvalue weighted by Gasteiger charge is -2.04. The first-order chi connectivity index (χ1) is 9.07. The van der Waals surface area contributed by atoms with Gasteiger partial charge in [-0.05, 0) is 19.8 Å². The third kappa shape index (κ3) is 11.5. The molecule has 0 N–H and O–H groups in total. The van der Waals surface area contributed by atoms with Gasteiger partial charge in [0.2, 0.25) is 0 Å². The van der Waals surface area contributed by atoms with Gasteiger partial charge in [0.05, 0.1) is 13.7 Å². The van der Waals surface area contributed by atoms with E-state index >= 15 is 0 Å². The molecule has 0 aromatic rings. The maximum absolute atomic E-state index is 11.1. The molecule has 0 aliphatic carbocycles. The predicted molar refractivity (Wildman–Crippen MR) is 74.7 cm³/mol. The van der Waals surface area contributed by atoms with Crippen molar-refractivity contribution in [3.63, 3.8) is 0 Å². The van der Waals surface area contributed by atoms with Crippen molar-refractivity contribution in [1.29, 1.82) is 0 Å². The third-order valence-electron chi connectivity index (χ3n) is 2.83. The predicted octanol–water partition coefficient (Wildman–Crippen LogP) is 3.40. The molecule has 0 unspecified atom stereocenters. The van der Waals surface area contributed by atoms with Crippen LogP contribution in [-0.2, 0) is 19.1 Å². The molecule has 0 amide bonds. The Morgan fingerprint density at radius 2 is 1.47 bits per heavy atom. The summed E-state index contributed by atoms with van der Waals surface area (Å²) in [6.07, 6.45) is 7.92. The summed E-state index contributed by atoms with van der Waals surface area (Å²) in [6.45, 7) is 5.65. The van der Waals surface area contributed by atoms with Crippen LogP contribution in [0.1, 0.15) is 58.3 Å². The summed E-state index contributed by atoms with van der Waals surface area (Å²) in [6, 6.07) is 0. The quantitative estimate of drug-likeness (QED) is 0.328. The van der Waals surface area contributed by atoms with Crippen LogP contribution in [0.5, 0.6) is 0 Å². The molecule has 19 heavy (non-hydrogen) atoms. The van der Waals surface area contributed by atoms with Gasteiger partial charge in [0.25, 0.3) is 0 Å². The van der Waals surface area contributed by atoms with Gasteiger partial charge >= 0.3 is 11.9 Å². The van der Waals surface area contributed by atoms with Crippen LogP contribution in [0, 0.1) is 0 Å². The van der Waals surface area contributed by atoms with E-state index in [4.69, 9.17) is 4.74 Å². The summed E-state index contributed by atoms with van der Waals surface area (Å²) < 4.78 is 9.57. The van der Waals surface area contributed by atoms with Gasteiger partial charge in [-0.25, -0.2) is 4.79 Å². The second-order valence-corrected chi connectivity index (χ2v) is 4.72. The fourth-order valence-electron chi connectivity index (χ4n) is 1.65. The van der Waals surface area contributed by atoms with E-state index in [0.717, 1.165) is 44.9 Å². The van der Waals surface area contributed by atoms with Gasteiger partial charge in [-0.1, -0.05) is 38.7 Å². The van der Waals surface area contributed by atoms with Gasteiger partial charge in [-0.15, -0.1) is 0 Å². The van der Waals surface area contributed by atoms with Crippen LogP contribution in [0.15, 0.2) is 12.2 Å². The summed E-state index contributed by atoms with van der Waals surface area (Å²) in [5, 5.41) is 0. The summed E-state index contributed by atoms with van der Waals surface area (Å²) in [7, 11) is 1.42. The van der Waals surface area contributed by atoms with Crippen molar-refractivity contribution in [3.8, 4) is 0 Å². The Morgan fingerprint density at radius 1 is 0.947 bits per heavy atom. The van der Waals surface area contributed by atoms with Crippen molar-refractivity contribution in [3.05, 3.63) is 12.2 Å². The Bertz CT molecular complexity index is 284. The van der Waals surface area contributed by atoms with E-state index in [0.29, 0.717) is 18.6 Å². The topological polar surface area (TPSA) is 52.6 Å². The molecule has 0 aromatic carbocycles. The normalized spacial score (nSPS) is 10.0. The molecule has 4 nitrogen and oxygen atoms in total. The van der Waals surface area contributed by atoms with E-state index in [9.17, 15) is 9.59 Å². The molecular formula is C15H26O4. The second kappa shape index (κ2) is 11.8. The maximum Gasteiger partial charge on any atom is 0.333 e. The number of unbranched alkanes of at least 4 members (excludes halogenated alkanes) is 6. The first-order valence-electron chi connectivity index (χ1n) is 6.97. The van der Waals surface area contributed by atoms with Gasteiger partial charge in [0.1, 0.15) is 0 Å². The molecule has 0 bridgehead atoms. The summed E-state index contributed by atoms with van der Waals surface area (Å²) in [5.74, 6) is -0.429. The number of hydrogen-bond acceptors (Lipinski definition) is 4. The Kier molecular flexibility index (Phi) is 10.9. The monoisotopic (exact) mass is 270 g/mol. The van der Waals surface area contributed by atoms with Crippen molar-refractivity contribution in [2.24, 2.45) is 0 Å². The van der Waals surface area contributed by atoms with Crippen LogP contribution in [-0.4, -0.2) is 25.7 Å². The lowest BCUT2D eigenvalue weighted by molar-refractivity contribution is -0.141. The smallest absolute Gasteiger partial charge is 0.333 e. The van der Waals surface area contributed by atoms with Crippen LogP contribution in [0.25, 0.3) is 0 Å².